The van der Waals surface area contributed by atoms with Crippen LogP contribution in [0.15, 0.2) is 66.0 Å². The number of nitrogens with one attached hydrogen (secondary N) is 1. The molecule has 1 N–H and O–H groups in total. The third-order valence-corrected chi connectivity index (χ3v) is 5.69. The summed E-state index contributed by atoms with van der Waals surface area (Å²) in [4.78, 5) is 11.2. The number of nitrogens with zero attached hydrogens (tertiary/aromatic N) is 2. The van der Waals surface area contributed by atoms with Crippen LogP contribution >= 0.6 is 0 Å². The molecule has 0 amide bonds. The molecule has 7 nitrogen and oxygen atoms in total. The number of hydrogen-bond acceptors (Lipinski definition) is 6. The summed E-state index contributed by atoms with van der Waals surface area (Å²) in [6.45, 7) is 0.315. The van der Waals surface area contributed by atoms with Crippen LogP contribution in [0.25, 0.3) is 11.0 Å². The Morgan fingerprint density at radius 1 is 1.06 bits per heavy atom. The first-order chi connectivity index (χ1) is 15.8. The zero-order valence-electron chi connectivity index (χ0n) is 17.3. The van der Waals surface area contributed by atoms with Crippen molar-refractivity contribution in [1.82, 2.24) is 15.0 Å². The van der Waals surface area contributed by atoms with Crippen LogP contribution in [-0.4, -0.2) is 32.6 Å². The van der Waals surface area contributed by atoms with Gasteiger partial charge in [-0.1, -0.05) is 30.3 Å². The van der Waals surface area contributed by atoms with Gasteiger partial charge >= 0.3 is 6.36 Å². The Bertz CT molecular complexity index is 1280. The van der Waals surface area contributed by atoms with Crippen molar-refractivity contribution in [2.75, 3.05) is 7.11 Å². The summed E-state index contributed by atoms with van der Waals surface area (Å²) in [5.74, 6) is 0.494. The first-order valence-corrected chi connectivity index (χ1v) is 11.0. The van der Waals surface area contributed by atoms with Crippen molar-refractivity contribution < 1.29 is 31.6 Å². The maximum absolute atomic E-state index is 12.8. The van der Waals surface area contributed by atoms with Crippen LogP contribution in [0.4, 0.5) is 13.2 Å². The molecule has 0 aliphatic rings. The maximum Gasteiger partial charge on any atom is 0.573 e. The molecule has 0 spiro atoms. The molecule has 4 aromatic rings. The van der Waals surface area contributed by atoms with Gasteiger partial charge in [0.1, 0.15) is 12.4 Å². The van der Waals surface area contributed by atoms with Crippen LogP contribution in [0.3, 0.4) is 0 Å². The second-order valence-corrected chi connectivity index (χ2v) is 8.23. The summed E-state index contributed by atoms with van der Waals surface area (Å²) in [5, 5.41) is 0.110. The molecular formula is C22H18F3N3O4S. The summed E-state index contributed by atoms with van der Waals surface area (Å²) in [5.41, 5.74) is 2.08. The van der Waals surface area contributed by atoms with Crippen molar-refractivity contribution in [3.8, 4) is 17.2 Å². The van der Waals surface area contributed by atoms with E-state index in [1.807, 2.05) is 30.3 Å². The lowest BCUT2D eigenvalue weighted by atomic mass is 10.2. The largest absolute Gasteiger partial charge is 0.573 e. The molecule has 0 aliphatic heterocycles. The number of methoxy groups -OCH3 is 1. The number of alkyl halides is 3. The van der Waals surface area contributed by atoms with Gasteiger partial charge in [-0.3, -0.25) is 9.19 Å². The minimum Gasteiger partial charge on any atom is -0.491 e. The Kier molecular flexibility index (Phi) is 6.50. The van der Waals surface area contributed by atoms with E-state index < -0.39 is 22.9 Å². The molecule has 11 heteroatoms. The fourth-order valence-corrected chi connectivity index (χ4v) is 4.01. The van der Waals surface area contributed by atoms with Crippen molar-refractivity contribution in [2.45, 2.75) is 23.9 Å². The van der Waals surface area contributed by atoms with Crippen molar-refractivity contribution in [3.05, 3.63) is 72.1 Å². The normalized spacial score (nSPS) is 12.5. The molecule has 0 fully saturated rings. The van der Waals surface area contributed by atoms with Crippen molar-refractivity contribution in [1.29, 1.82) is 0 Å². The second-order valence-electron chi connectivity index (χ2n) is 6.86. The highest BCUT2D eigenvalue weighted by Gasteiger charge is 2.31. The van der Waals surface area contributed by atoms with Gasteiger partial charge in [0.2, 0.25) is 0 Å². The predicted molar refractivity (Wildman–Crippen MR) is 114 cm³/mol. The van der Waals surface area contributed by atoms with Crippen molar-refractivity contribution in [3.63, 3.8) is 0 Å². The molecule has 172 valence electrons. The molecule has 0 saturated heterocycles. The summed E-state index contributed by atoms with van der Waals surface area (Å²) >= 11 is 0. The molecule has 0 saturated carbocycles. The average molecular weight is 477 g/mol. The summed E-state index contributed by atoms with van der Waals surface area (Å²) in [7, 11) is -0.143. The standard InChI is InChI=1S/C22H18F3N3O4S/c1-30-20-11-26-15(9-19(20)31-12-14-5-3-2-4-6-14)13-33(29)21-27-17-8-7-16(10-18(17)28-21)32-22(23,24)25/h2-11H,12-13H2,1H3,(H,27,28). The van der Waals surface area contributed by atoms with Gasteiger partial charge in [-0.05, 0) is 17.7 Å². The van der Waals surface area contributed by atoms with Gasteiger partial charge < -0.3 is 19.2 Å². The monoisotopic (exact) mass is 477 g/mol. The van der Waals surface area contributed by atoms with Gasteiger partial charge in [-0.25, -0.2) is 4.98 Å². The molecule has 2 aromatic heterocycles. The van der Waals surface area contributed by atoms with Gasteiger partial charge in [-0.2, -0.15) is 0 Å². The highest BCUT2D eigenvalue weighted by atomic mass is 32.2. The molecule has 0 aliphatic carbocycles. The number of hydrogen-bond donors (Lipinski definition) is 1. The quantitative estimate of drug-likeness (QED) is 0.394. The third kappa shape index (κ3) is 5.80. The number of halogens is 3. The van der Waals surface area contributed by atoms with E-state index in [2.05, 4.69) is 19.7 Å². The number of aromatic amines is 1. The van der Waals surface area contributed by atoms with E-state index in [9.17, 15) is 17.4 Å². The number of pyridine rings is 1. The minimum atomic E-state index is -4.81. The van der Waals surface area contributed by atoms with Crippen LogP contribution in [0.5, 0.6) is 17.2 Å². The smallest absolute Gasteiger partial charge is 0.491 e. The topological polar surface area (TPSA) is 86.3 Å². The maximum atomic E-state index is 12.8. The van der Waals surface area contributed by atoms with Gasteiger partial charge in [-0.15, -0.1) is 13.2 Å². The zero-order valence-corrected chi connectivity index (χ0v) is 18.1. The fraction of sp³-hybridized carbons (Fsp3) is 0.182. The highest BCUT2D eigenvalue weighted by Crippen LogP contribution is 2.29. The number of imidazole rings is 1. The van der Waals surface area contributed by atoms with Gasteiger partial charge in [0.15, 0.2) is 16.7 Å². The van der Waals surface area contributed by atoms with Crippen LogP contribution in [-0.2, 0) is 23.2 Å². The van der Waals surface area contributed by atoms with E-state index in [4.69, 9.17) is 9.47 Å². The Balaban J connectivity index is 1.50. The summed E-state index contributed by atoms with van der Waals surface area (Å²) in [6.07, 6.45) is -3.33. The Labute approximate surface area is 189 Å². The van der Waals surface area contributed by atoms with E-state index in [1.165, 1.54) is 19.4 Å². The highest BCUT2D eigenvalue weighted by molar-refractivity contribution is 7.84. The first-order valence-electron chi connectivity index (χ1n) is 9.64. The second kappa shape index (κ2) is 9.49. The van der Waals surface area contributed by atoms with Crippen molar-refractivity contribution in [2.24, 2.45) is 0 Å². The van der Waals surface area contributed by atoms with Crippen molar-refractivity contribution >= 4 is 21.8 Å². The first kappa shape index (κ1) is 22.6. The molecule has 1 atom stereocenters. The molecule has 2 aromatic carbocycles. The number of rotatable bonds is 8. The lowest BCUT2D eigenvalue weighted by Gasteiger charge is -2.11. The molecule has 1 unspecified atom stereocenters. The van der Waals surface area contributed by atoms with Gasteiger partial charge in [0, 0.05) is 12.1 Å². The number of benzene rings is 2. The molecule has 33 heavy (non-hydrogen) atoms. The van der Waals surface area contributed by atoms with E-state index in [-0.39, 0.29) is 16.4 Å². The van der Waals surface area contributed by atoms with Crippen LogP contribution in [0.1, 0.15) is 11.3 Å². The average Bonchev–Trinajstić information content (AvgIpc) is 3.21. The number of H-pyrrole nitrogens is 1. The molecule has 2 heterocycles. The Morgan fingerprint density at radius 3 is 2.58 bits per heavy atom. The number of aromatic nitrogens is 3. The number of fused-ring (bicyclic) bond motifs is 1. The van der Waals surface area contributed by atoms with Gasteiger partial charge in [0.05, 0.1) is 46.6 Å². The van der Waals surface area contributed by atoms with Crippen LogP contribution < -0.4 is 14.2 Å². The minimum absolute atomic E-state index is 0.0113. The summed E-state index contributed by atoms with van der Waals surface area (Å²) in [6, 6.07) is 14.9. The lowest BCUT2D eigenvalue weighted by molar-refractivity contribution is -0.274. The number of ether oxygens (including phenoxy) is 3. The molecule has 0 bridgehead atoms. The summed E-state index contributed by atoms with van der Waals surface area (Å²) < 4.78 is 65.2. The van der Waals surface area contributed by atoms with Crippen LogP contribution in [0, 0.1) is 0 Å². The molecule has 0 radical (unpaired) electrons. The lowest BCUT2D eigenvalue weighted by Crippen LogP contribution is -2.16. The molecular weight excluding hydrogens is 459 g/mol. The Hall–Kier alpha value is -3.60. The van der Waals surface area contributed by atoms with Crippen LogP contribution in [0.2, 0.25) is 0 Å². The van der Waals surface area contributed by atoms with E-state index in [0.29, 0.717) is 29.3 Å². The van der Waals surface area contributed by atoms with E-state index in [0.717, 1.165) is 17.7 Å². The third-order valence-electron chi connectivity index (χ3n) is 4.51. The van der Waals surface area contributed by atoms with E-state index >= 15 is 0 Å². The Morgan fingerprint density at radius 2 is 1.85 bits per heavy atom. The zero-order chi connectivity index (χ0) is 23.4. The van der Waals surface area contributed by atoms with Gasteiger partial charge in [0.25, 0.3) is 0 Å². The fourth-order valence-electron chi connectivity index (χ4n) is 3.02. The molecule has 4 rings (SSSR count). The van der Waals surface area contributed by atoms with E-state index in [1.54, 1.807) is 6.07 Å². The predicted octanol–water partition coefficient (Wildman–Crippen LogP) is 4.75. The SMILES string of the molecule is COc1cnc(CS(=O)c2nc3ccc(OC(F)(F)F)cc3[nH]2)cc1OCc1ccccc1.